The number of carbonyl (C=O) groups excluding carboxylic acids is 1. The van der Waals surface area contributed by atoms with E-state index in [0.717, 1.165) is 18.9 Å². The molecule has 0 aliphatic heterocycles. The van der Waals surface area contributed by atoms with E-state index in [4.69, 9.17) is 0 Å². The summed E-state index contributed by atoms with van der Waals surface area (Å²) in [6.45, 7) is 2.28. The summed E-state index contributed by atoms with van der Waals surface area (Å²) in [5, 5.41) is 2.44. The lowest BCUT2D eigenvalue weighted by Gasteiger charge is -2.28. The highest BCUT2D eigenvalue weighted by molar-refractivity contribution is 5.93. The molecule has 3 nitrogen and oxygen atoms in total. The highest BCUT2D eigenvalue weighted by atomic mass is 19.4. The molecule has 3 rings (SSSR count). The summed E-state index contributed by atoms with van der Waals surface area (Å²) < 4.78 is 38.9. The van der Waals surface area contributed by atoms with Gasteiger partial charge < -0.3 is 5.32 Å². The molecular formula is C17H21F3N2O. The van der Waals surface area contributed by atoms with E-state index in [1.807, 2.05) is 0 Å². The van der Waals surface area contributed by atoms with Gasteiger partial charge in [0.1, 0.15) is 0 Å². The summed E-state index contributed by atoms with van der Waals surface area (Å²) in [4.78, 5) is 14.4. The van der Waals surface area contributed by atoms with Crippen LogP contribution in [0.5, 0.6) is 0 Å². The van der Waals surface area contributed by atoms with E-state index in [-0.39, 0.29) is 18.1 Å². The van der Waals surface area contributed by atoms with Crippen molar-refractivity contribution >= 4 is 11.6 Å². The first-order chi connectivity index (χ1) is 10.9. The number of halogens is 3. The number of nitrogens with one attached hydrogen (secondary N) is 1. The summed E-state index contributed by atoms with van der Waals surface area (Å²) in [5.41, 5.74) is -0.971. The molecule has 126 valence electrons. The summed E-state index contributed by atoms with van der Waals surface area (Å²) in [6, 6.07) is 5.84. The van der Waals surface area contributed by atoms with Gasteiger partial charge in [0, 0.05) is 12.1 Å². The highest BCUT2D eigenvalue weighted by Gasteiger charge is 2.40. The highest BCUT2D eigenvalue weighted by Crippen LogP contribution is 2.39. The number of benzene rings is 1. The average Bonchev–Trinajstić information content (AvgIpc) is 3.37. The molecular weight excluding hydrogens is 305 g/mol. The number of hydrogen-bond acceptors (Lipinski definition) is 2. The van der Waals surface area contributed by atoms with Crippen molar-refractivity contribution in [3.8, 4) is 0 Å². The van der Waals surface area contributed by atoms with Crippen molar-refractivity contribution in [3.63, 3.8) is 0 Å². The number of anilines is 1. The lowest BCUT2D eigenvalue weighted by atomic mass is 10.1. The van der Waals surface area contributed by atoms with Gasteiger partial charge in [0.05, 0.1) is 17.8 Å². The molecule has 6 heteroatoms. The lowest BCUT2D eigenvalue weighted by molar-refractivity contribution is -0.137. The van der Waals surface area contributed by atoms with Crippen LogP contribution < -0.4 is 5.32 Å². The van der Waals surface area contributed by atoms with Crippen LogP contribution in [0.15, 0.2) is 24.3 Å². The van der Waals surface area contributed by atoms with Crippen molar-refractivity contribution in [1.82, 2.24) is 4.90 Å². The number of nitrogens with zero attached hydrogens (tertiary/aromatic N) is 1. The molecule has 1 aromatic rings. The zero-order chi connectivity index (χ0) is 16.6. The molecule has 0 spiro atoms. The van der Waals surface area contributed by atoms with Gasteiger partial charge >= 0.3 is 6.18 Å². The second-order valence-corrected chi connectivity index (χ2v) is 6.57. The fourth-order valence-electron chi connectivity index (χ4n) is 3.06. The van der Waals surface area contributed by atoms with Crippen LogP contribution >= 0.6 is 0 Å². The number of rotatable bonds is 6. The maximum absolute atomic E-state index is 13.0. The van der Waals surface area contributed by atoms with Crippen molar-refractivity contribution in [2.75, 3.05) is 11.9 Å². The topological polar surface area (TPSA) is 32.3 Å². The Balaban J connectivity index is 1.67. The van der Waals surface area contributed by atoms with Crippen molar-refractivity contribution in [3.05, 3.63) is 29.8 Å². The smallest absolute Gasteiger partial charge is 0.324 e. The van der Waals surface area contributed by atoms with Gasteiger partial charge in [-0.3, -0.25) is 9.69 Å². The van der Waals surface area contributed by atoms with Crippen molar-refractivity contribution < 1.29 is 18.0 Å². The van der Waals surface area contributed by atoms with E-state index in [2.05, 4.69) is 17.1 Å². The Morgan fingerprint density at radius 1 is 1.26 bits per heavy atom. The molecule has 2 fully saturated rings. The number of carbonyl (C=O) groups is 1. The van der Waals surface area contributed by atoms with Gasteiger partial charge in [-0.15, -0.1) is 0 Å². The Morgan fingerprint density at radius 2 is 1.91 bits per heavy atom. The number of amides is 1. The van der Waals surface area contributed by atoms with Crippen molar-refractivity contribution in [2.24, 2.45) is 5.92 Å². The molecule has 1 aromatic carbocycles. The molecule has 2 aliphatic rings. The van der Waals surface area contributed by atoms with Gasteiger partial charge in [-0.1, -0.05) is 12.1 Å². The fourth-order valence-corrected chi connectivity index (χ4v) is 3.06. The van der Waals surface area contributed by atoms with Crippen LogP contribution in [-0.2, 0) is 11.0 Å². The second-order valence-electron chi connectivity index (χ2n) is 6.57. The van der Waals surface area contributed by atoms with Gasteiger partial charge in [-0.2, -0.15) is 13.2 Å². The van der Waals surface area contributed by atoms with Crippen LogP contribution in [0.3, 0.4) is 0 Å². The van der Waals surface area contributed by atoms with Crippen LogP contribution in [0.2, 0.25) is 0 Å². The van der Waals surface area contributed by atoms with E-state index in [9.17, 15) is 18.0 Å². The number of para-hydroxylation sites is 1. The molecule has 23 heavy (non-hydrogen) atoms. The normalized spacial score (nSPS) is 19.7. The third kappa shape index (κ3) is 4.05. The van der Waals surface area contributed by atoms with Crippen molar-refractivity contribution in [2.45, 2.75) is 50.9 Å². The molecule has 1 unspecified atom stereocenters. The second kappa shape index (κ2) is 6.15. The van der Waals surface area contributed by atoms with Gasteiger partial charge in [-0.25, -0.2) is 0 Å². The Hall–Kier alpha value is -1.56. The van der Waals surface area contributed by atoms with Crippen LogP contribution in [-0.4, -0.2) is 29.4 Å². The summed E-state index contributed by atoms with van der Waals surface area (Å²) in [7, 11) is 0. The maximum atomic E-state index is 13.0. The predicted octanol–water partition coefficient (Wildman–Crippen LogP) is 3.91. The Morgan fingerprint density at radius 3 is 2.48 bits per heavy atom. The van der Waals surface area contributed by atoms with Crippen molar-refractivity contribution in [1.29, 1.82) is 0 Å². The Kier molecular flexibility index (Phi) is 4.36. The van der Waals surface area contributed by atoms with Crippen LogP contribution in [0.25, 0.3) is 0 Å². The zero-order valence-electron chi connectivity index (χ0n) is 13.1. The van der Waals surface area contributed by atoms with E-state index in [1.165, 1.54) is 31.0 Å². The first kappa shape index (κ1) is 16.3. The molecule has 0 aromatic heterocycles. The average molecular weight is 326 g/mol. The zero-order valence-corrected chi connectivity index (χ0v) is 13.1. The van der Waals surface area contributed by atoms with E-state index < -0.39 is 11.7 Å². The minimum atomic E-state index is -4.47. The van der Waals surface area contributed by atoms with Crippen LogP contribution in [0.4, 0.5) is 18.9 Å². The van der Waals surface area contributed by atoms with E-state index in [0.29, 0.717) is 18.0 Å². The standard InChI is InChI=1S/C17H21F3N2O/c1-11(12-6-7-12)22(13-8-9-13)10-16(23)21-15-5-3-2-4-14(15)17(18,19)20/h2-5,11-13H,6-10H2,1H3,(H,21,23). The quantitative estimate of drug-likeness (QED) is 0.860. The molecule has 1 atom stereocenters. The largest absolute Gasteiger partial charge is 0.418 e. The fraction of sp³-hybridized carbons (Fsp3) is 0.588. The Bertz CT molecular complexity index is 579. The first-order valence-corrected chi connectivity index (χ1v) is 8.08. The number of alkyl halides is 3. The molecule has 0 saturated heterocycles. The molecule has 0 bridgehead atoms. The minimum Gasteiger partial charge on any atom is -0.324 e. The Labute approximate surface area is 133 Å². The summed E-state index contributed by atoms with van der Waals surface area (Å²) >= 11 is 0. The third-order valence-corrected chi connectivity index (χ3v) is 4.68. The minimum absolute atomic E-state index is 0.161. The van der Waals surface area contributed by atoms with Crippen LogP contribution in [0.1, 0.15) is 38.2 Å². The summed E-state index contributed by atoms with van der Waals surface area (Å²) in [5.74, 6) is 0.256. The molecule has 1 N–H and O–H groups in total. The first-order valence-electron chi connectivity index (χ1n) is 8.08. The third-order valence-electron chi connectivity index (χ3n) is 4.68. The number of hydrogen-bond donors (Lipinski definition) is 1. The molecule has 1 amide bonds. The molecule has 2 saturated carbocycles. The van der Waals surface area contributed by atoms with Gasteiger partial charge in [0.15, 0.2) is 0 Å². The SMILES string of the molecule is CC(C1CC1)N(CC(=O)Nc1ccccc1C(F)(F)F)C1CC1. The maximum Gasteiger partial charge on any atom is 0.418 e. The molecule has 0 radical (unpaired) electrons. The molecule has 0 heterocycles. The van der Waals surface area contributed by atoms with E-state index in [1.54, 1.807) is 0 Å². The lowest BCUT2D eigenvalue weighted by Crippen LogP contribution is -2.42. The van der Waals surface area contributed by atoms with Gasteiger partial charge in [-0.05, 0) is 50.7 Å². The van der Waals surface area contributed by atoms with Gasteiger partial charge in [0.25, 0.3) is 0 Å². The van der Waals surface area contributed by atoms with Gasteiger partial charge in [0.2, 0.25) is 5.91 Å². The van der Waals surface area contributed by atoms with Crippen LogP contribution in [0, 0.1) is 5.92 Å². The monoisotopic (exact) mass is 326 g/mol. The predicted molar refractivity (Wildman–Crippen MR) is 82.0 cm³/mol. The molecule has 2 aliphatic carbocycles. The van der Waals surface area contributed by atoms with E-state index >= 15 is 0 Å². The summed E-state index contributed by atoms with van der Waals surface area (Å²) in [6.07, 6.45) is 0.0418.